The minimum absolute atomic E-state index is 0.152. The molecule has 202 valence electrons. The third-order valence-electron chi connectivity index (χ3n) is 5.37. The van der Waals surface area contributed by atoms with Crippen LogP contribution in [0.25, 0.3) is 23.0 Å². The van der Waals surface area contributed by atoms with E-state index in [2.05, 4.69) is 36.1 Å². The van der Waals surface area contributed by atoms with E-state index in [1.165, 1.54) is 24.2 Å². The molecule has 12 nitrogen and oxygen atoms in total. The van der Waals surface area contributed by atoms with Crippen molar-refractivity contribution in [2.24, 2.45) is 0 Å². The molecule has 2 aromatic heterocycles. The quantitative estimate of drug-likeness (QED) is 0.187. The van der Waals surface area contributed by atoms with Crippen molar-refractivity contribution < 1.29 is 19.1 Å². The minimum Gasteiger partial charge on any atom is -0.447 e. The van der Waals surface area contributed by atoms with Crippen LogP contribution in [-0.2, 0) is 14.3 Å². The van der Waals surface area contributed by atoms with Gasteiger partial charge in [0.25, 0.3) is 0 Å². The number of rotatable bonds is 10. The molecule has 0 unspecified atom stereocenters. The molecule has 2 aromatic carbocycles. The molecular formula is C25H24Cl2N8O4. The smallest absolute Gasteiger partial charge is 0.411 e. The van der Waals surface area contributed by atoms with Crippen molar-refractivity contribution in [1.29, 1.82) is 0 Å². The molecule has 0 bridgehead atoms. The number of nitrogens with zero attached hydrogens (tertiary/aromatic N) is 5. The van der Waals surface area contributed by atoms with Gasteiger partial charge in [0.2, 0.25) is 5.91 Å². The Morgan fingerprint density at radius 1 is 1.15 bits per heavy atom. The van der Waals surface area contributed by atoms with E-state index in [0.717, 1.165) is 5.56 Å². The Morgan fingerprint density at radius 2 is 1.95 bits per heavy atom. The van der Waals surface area contributed by atoms with Crippen molar-refractivity contribution in [3.8, 4) is 16.9 Å². The number of nitrogens with one attached hydrogen (secondary N) is 3. The van der Waals surface area contributed by atoms with E-state index in [4.69, 9.17) is 32.7 Å². The zero-order valence-corrected chi connectivity index (χ0v) is 22.4. The Hall–Kier alpha value is -4.26. The Balaban J connectivity index is 1.39. The maximum atomic E-state index is 12.6. The molecule has 0 saturated heterocycles. The number of aromatic amines is 1. The molecule has 0 fully saturated rings. The third kappa shape index (κ3) is 7.41. The number of benzene rings is 2. The summed E-state index contributed by atoms with van der Waals surface area (Å²) >= 11 is 12.5. The van der Waals surface area contributed by atoms with Gasteiger partial charge in [0.1, 0.15) is 29.6 Å². The number of aromatic nitrogens is 6. The number of halogens is 2. The fourth-order valence-electron chi connectivity index (χ4n) is 3.48. The number of amides is 2. The number of hydrogen-bond donors (Lipinski definition) is 3. The maximum Gasteiger partial charge on any atom is 0.411 e. The van der Waals surface area contributed by atoms with Crippen LogP contribution in [0.15, 0.2) is 54.9 Å². The molecule has 0 aliphatic rings. The molecule has 1 atom stereocenters. The number of carbonyl (C=O) groups excluding carboxylic acids is 2. The van der Waals surface area contributed by atoms with E-state index >= 15 is 0 Å². The number of H-pyrrole nitrogens is 1. The lowest BCUT2D eigenvalue weighted by Gasteiger charge is -2.10. The Labute approximate surface area is 233 Å². The summed E-state index contributed by atoms with van der Waals surface area (Å²) in [5.74, 6) is 0.116. The van der Waals surface area contributed by atoms with Crippen molar-refractivity contribution in [2.45, 2.75) is 13.0 Å². The summed E-state index contributed by atoms with van der Waals surface area (Å²) < 4.78 is 11.3. The molecule has 0 aliphatic carbocycles. The Bertz CT molecular complexity index is 1460. The average molecular weight is 571 g/mol. The first-order chi connectivity index (χ1) is 18.8. The number of tetrazole rings is 1. The van der Waals surface area contributed by atoms with Gasteiger partial charge in [0, 0.05) is 35.0 Å². The van der Waals surface area contributed by atoms with E-state index in [1.54, 1.807) is 55.5 Å². The second-order valence-electron chi connectivity index (χ2n) is 8.14. The van der Waals surface area contributed by atoms with Crippen LogP contribution in [0.4, 0.5) is 10.5 Å². The van der Waals surface area contributed by atoms with Crippen LogP contribution in [-0.4, -0.2) is 62.5 Å². The van der Waals surface area contributed by atoms with Gasteiger partial charge < -0.3 is 19.8 Å². The molecule has 0 radical (unpaired) electrons. The van der Waals surface area contributed by atoms with Gasteiger partial charge in [0.05, 0.1) is 18.3 Å². The molecule has 3 N–H and O–H groups in total. The van der Waals surface area contributed by atoms with Crippen LogP contribution in [0.2, 0.25) is 10.2 Å². The zero-order valence-electron chi connectivity index (χ0n) is 20.9. The molecule has 0 saturated carbocycles. The monoisotopic (exact) mass is 570 g/mol. The van der Waals surface area contributed by atoms with Crippen LogP contribution in [0.1, 0.15) is 24.4 Å². The molecule has 39 heavy (non-hydrogen) atoms. The molecule has 14 heteroatoms. The van der Waals surface area contributed by atoms with Crippen molar-refractivity contribution in [3.05, 3.63) is 76.4 Å². The fraction of sp³-hybridized carbons (Fsp3) is 0.200. The highest BCUT2D eigenvalue weighted by molar-refractivity contribution is 6.32. The number of anilines is 1. The lowest BCUT2D eigenvalue weighted by Crippen LogP contribution is -2.25. The van der Waals surface area contributed by atoms with Gasteiger partial charge in [-0.15, -0.1) is 5.10 Å². The maximum absolute atomic E-state index is 12.6. The summed E-state index contributed by atoms with van der Waals surface area (Å²) in [4.78, 5) is 32.0. The van der Waals surface area contributed by atoms with Crippen molar-refractivity contribution >= 4 is 47.0 Å². The second kappa shape index (κ2) is 13.0. The predicted molar refractivity (Wildman–Crippen MR) is 146 cm³/mol. The summed E-state index contributed by atoms with van der Waals surface area (Å²) in [6.45, 7) is 2.24. The average Bonchev–Trinajstić information content (AvgIpc) is 3.58. The number of hydrogen-bond acceptors (Lipinski definition) is 8. The predicted octanol–water partition coefficient (Wildman–Crippen LogP) is 4.44. The van der Waals surface area contributed by atoms with Crippen LogP contribution in [0, 0.1) is 0 Å². The third-order valence-corrected chi connectivity index (χ3v) is 5.88. The normalized spacial score (nSPS) is 11.9. The first kappa shape index (κ1) is 27.8. The molecule has 2 heterocycles. The molecule has 4 rings (SSSR count). The Kier molecular flexibility index (Phi) is 9.26. The van der Waals surface area contributed by atoms with E-state index in [-0.39, 0.29) is 12.5 Å². The SMILES string of the molecule is COCCOC(=O)Nc1ccc(-c2nc([C@H](C)NC(=O)C=Cc3cc(Cl)ccc3-n3cnnn3)[nH]c2Cl)cc1. The highest BCUT2D eigenvalue weighted by atomic mass is 35.5. The first-order valence-electron chi connectivity index (χ1n) is 11.6. The molecular weight excluding hydrogens is 547 g/mol. The zero-order chi connectivity index (χ0) is 27.8. The summed E-state index contributed by atoms with van der Waals surface area (Å²) in [7, 11) is 1.52. The number of carbonyl (C=O) groups is 2. The van der Waals surface area contributed by atoms with Gasteiger partial charge in [-0.1, -0.05) is 35.3 Å². The number of ether oxygens (including phenoxy) is 2. The second-order valence-corrected chi connectivity index (χ2v) is 8.95. The molecule has 0 spiro atoms. The highest BCUT2D eigenvalue weighted by Crippen LogP contribution is 2.28. The Morgan fingerprint density at radius 3 is 2.67 bits per heavy atom. The van der Waals surface area contributed by atoms with Gasteiger partial charge in [0.15, 0.2) is 0 Å². The van der Waals surface area contributed by atoms with Gasteiger partial charge in [-0.25, -0.2) is 9.78 Å². The minimum atomic E-state index is -0.583. The van der Waals surface area contributed by atoms with Crippen LogP contribution < -0.4 is 10.6 Å². The largest absolute Gasteiger partial charge is 0.447 e. The topological polar surface area (TPSA) is 149 Å². The van der Waals surface area contributed by atoms with Crippen molar-refractivity contribution in [3.63, 3.8) is 0 Å². The van der Waals surface area contributed by atoms with Crippen LogP contribution in [0.5, 0.6) is 0 Å². The van der Waals surface area contributed by atoms with Crippen LogP contribution in [0.3, 0.4) is 0 Å². The fourth-order valence-corrected chi connectivity index (χ4v) is 3.91. The van der Waals surface area contributed by atoms with E-state index in [1.807, 2.05) is 0 Å². The van der Waals surface area contributed by atoms with E-state index in [9.17, 15) is 9.59 Å². The van der Waals surface area contributed by atoms with Gasteiger partial charge >= 0.3 is 6.09 Å². The lowest BCUT2D eigenvalue weighted by atomic mass is 10.1. The van der Waals surface area contributed by atoms with E-state index in [0.29, 0.717) is 45.2 Å². The number of imidazole rings is 1. The van der Waals surface area contributed by atoms with Gasteiger partial charge in [-0.3, -0.25) is 10.1 Å². The van der Waals surface area contributed by atoms with Crippen molar-refractivity contribution in [1.82, 2.24) is 35.5 Å². The van der Waals surface area contributed by atoms with Crippen molar-refractivity contribution in [2.75, 3.05) is 25.6 Å². The standard InChI is InChI=1S/C25H24Cl2N8O4/c1-15(29-21(36)10-5-17-13-18(26)6-9-20(17)35-14-28-33-34-35)24-31-22(23(27)32-24)16-3-7-19(8-4-16)30-25(37)39-12-11-38-2/h3-10,13-15H,11-12H2,1-2H3,(H,29,36)(H,30,37)(H,31,32)/t15-/m0/s1. The van der Waals surface area contributed by atoms with Gasteiger partial charge in [-0.2, -0.15) is 4.68 Å². The number of methoxy groups -OCH3 is 1. The van der Waals surface area contributed by atoms with Gasteiger partial charge in [-0.05, 0) is 53.8 Å². The van der Waals surface area contributed by atoms with Crippen LogP contribution >= 0.6 is 23.2 Å². The molecule has 0 aliphatic heterocycles. The summed E-state index contributed by atoms with van der Waals surface area (Å²) in [5, 5.41) is 17.5. The molecule has 4 aromatic rings. The highest BCUT2D eigenvalue weighted by Gasteiger charge is 2.17. The summed E-state index contributed by atoms with van der Waals surface area (Å²) in [6, 6.07) is 11.6. The first-order valence-corrected chi connectivity index (χ1v) is 12.4. The van der Waals surface area contributed by atoms with E-state index < -0.39 is 12.1 Å². The lowest BCUT2D eigenvalue weighted by molar-refractivity contribution is -0.117. The summed E-state index contributed by atoms with van der Waals surface area (Å²) in [5.41, 5.74) is 3.08. The summed E-state index contributed by atoms with van der Waals surface area (Å²) in [6.07, 6.45) is 3.87. The molecule has 2 amide bonds.